The van der Waals surface area contributed by atoms with Crippen LogP contribution in [-0.4, -0.2) is 37.2 Å². The fourth-order valence-electron chi connectivity index (χ4n) is 1.54. The van der Waals surface area contributed by atoms with Gasteiger partial charge in [-0.2, -0.15) is 0 Å². The van der Waals surface area contributed by atoms with E-state index >= 15 is 0 Å². The van der Waals surface area contributed by atoms with Crippen LogP contribution in [0.3, 0.4) is 0 Å². The Morgan fingerprint density at radius 2 is 1.33 bits per heavy atom. The van der Waals surface area contributed by atoms with E-state index < -0.39 is 20.0 Å². The second-order valence-electron chi connectivity index (χ2n) is 3.90. The van der Waals surface area contributed by atoms with Gasteiger partial charge in [-0.05, 0) is 0 Å². The van der Waals surface area contributed by atoms with Crippen molar-refractivity contribution in [3.8, 4) is 0 Å². The van der Waals surface area contributed by atoms with Crippen LogP contribution < -0.4 is 0 Å². The van der Waals surface area contributed by atoms with Gasteiger partial charge in [0.2, 0.25) is 0 Å². The summed E-state index contributed by atoms with van der Waals surface area (Å²) in [7, 11) is 4.60. The molecule has 2 heteroatoms. The maximum absolute atomic E-state index is 2.59. The molecule has 0 aliphatic rings. The fraction of sp³-hybridized carbons (Fsp3) is 1.00. The number of hydrogen-bond donors (Lipinski definition) is 0. The summed E-state index contributed by atoms with van der Waals surface area (Å²) in [5, 5.41) is 0. The molecule has 0 aromatic rings. The summed E-state index contributed by atoms with van der Waals surface area (Å²) < 4.78 is 5.77. The van der Waals surface area contributed by atoms with Crippen molar-refractivity contribution in [2.24, 2.45) is 0 Å². The molecule has 0 fully saturated rings. The number of rotatable bonds is 7. The van der Waals surface area contributed by atoms with Crippen molar-refractivity contribution < 1.29 is 0 Å². The zero-order valence-corrected chi connectivity index (χ0v) is 12.6. The molecule has 0 N–H and O–H groups in total. The van der Waals surface area contributed by atoms with Gasteiger partial charge in [0.15, 0.2) is 0 Å². The first-order chi connectivity index (χ1) is 5.72. The van der Waals surface area contributed by atoms with Gasteiger partial charge in [0.1, 0.15) is 0 Å². The van der Waals surface area contributed by atoms with Gasteiger partial charge < -0.3 is 0 Å². The van der Waals surface area contributed by atoms with Crippen LogP contribution in [-0.2, 0) is 0 Å². The third kappa shape index (κ3) is 6.29. The van der Waals surface area contributed by atoms with Crippen molar-refractivity contribution in [3.05, 3.63) is 0 Å². The Bertz CT molecular complexity index is 85.8. The van der Waals surface area contributed by atoms with E-state index in [0.29, 0.717) is 0 Å². The first kappa shape index (κ1) is 12.8. The van der Waals surface area contributed by atoms with Crippen molar-refractivity contribution >= 4 is 20.0 Å². The van der Waals surface area contributed by atoms with E-state index in [-0.39, 0.29) is 0 Å². The van der Waals surface area contributed by atoms with Gasteiger partial charge in [-0.3, -0.25) is 0 Å². The van der Waals surface area contributed by atoms with E-state index in [1.54, 1.807) is 8.87 Å². The minimum atomic E-state index is -1.19. The molecule has 0 saturated carbocycles. The SMILES string of the molecule is CCC[CH2][SnH]([CH2]CCC)[N](C)C. The molecule has 0 heterocycles. The predicted molar refractivity (Wildman–Crippen MR) is 60.3 cm³/mol. The molecule has 0 atom stereocenters. The average Bonchev–Trinajstić information content (AvgIpc) is 2.04. The van der Waals surface area contributed by atoms with Gasteiger partial charge in [-0.1, -0.05) is 0 Å². The molecule has 0 radical (unpaired) electrons. The fourth-order valence-corrected chi connectivity index (χ4v) is 10.3. The number of nitrogens with zero attached hydrogens (tertiary/aromatic N) is 1. The van der Waals surface area contributed by atoms with Crippen molar-refractivity contribution in [3.63, 3.8) is 0 Å². The zero-order chi connectivity index (χ0) is 9.40. The molecule has 0 aliphatic carbocycles. The first-order valence-corrected chi connectivity index (χ1v) is 11.5. The number of hydrogen-bond acceptors (Lipinski definition) is 1. The van der Waals surface area contributed by atoms with Crippen LogP contribution in [0.4, 0.5) is 0 Å². The van der Waals surface area contributed by atoms with Gasteiger partial charge in [-0.25, -0.2) is 0 Å². The predicted octanol–water partition coefficient (Wildman–Crippen LogP) is 2.87. The molecular weight excluding hydrogens is 253 g/mol. The Morgan fingerprint density at radius 3 is 1.58 bits per heavy atom. The van der Waals surface area contributed by atoms with E-state index in [0.717, 1.165) is 0 Å². The van der Waals surface area contributed by atoms with Gasteiger partial charge in [-0.15, -0.1) is 0 Å². The number of unbranched alkanes of at least 4 members (excludes halogenated alkanes) is 2. The van der Waals surface area contributed by atoms with Gasteiger partial charge in [0.05, 0.1) is 0 Å². The van der Waals surface area contributed by atoms with Gasteiger partial charge >= 0.3 is 85.7 Å². The van der Waals surface area contributed by atoms with E-state index in [4.69, 9.17) is 0 Å². The van der Waals surface area contributed by atoms with Crippen LogP contribution >= 0.6 is 0 Å². The quantitative estimate of drug-likeness (QED) is 0.647. The molecule has 0 bridgehead atoms. The van der Waals surface area contributed by atoms with Crippen LogP contribution in [0.2, 0.25) is 8.87 Å². The summed E-state index contributed by atoms with van der Waals surface area (Å²) in [4.78, 5) is 0. The zero-order valence-electron chi connectivity index (χ0n) is 9.27. The van der Waals surface area contributed by atoms with Gasteiger partial charge in [0, 0.05) is 0 Å². The van der Waals surface area contributed by atoms with Crippen molar-refractivity contribution in [2.75, 3.05) is 14.1 Å². The summed E-state index contributed by atoms with van der Waals surface area (Å²) in [6.45, 7) is 4.61. The molecule has 12 heavy (non-hydrogen) atoms. The second kappa shape index (κ2) is 8.36. The molecule has 0 aliphatic heterocycles. The minimum absolute atomic E-state index is 1.19. The standard InChI is InChI=1S/2C4H9.C2H6N.Sn.H/c2*1-3-4-2;1-3-2;;/h2*1,3-4H2,2H3;1-2H3;;/q;;-1;+1;. The molecule has 0 unspecified atom stereocenters. The van der Waals surface area contributed by atoms with E-state index in [9.17, 15) is 0 Å². The molecule has 0 aromatic carbocycles. The normalized spacial score (nSPS) is 11.5. The Labute approximate surface area is 85.6 Å². The summed E-state index contributed by atoms with van der Waals surface area (Å²) >= 11 is -1.19. The molecule has 0 aromatic heterocycles. The molecular formula is C10H25NSn. The van der Waals surface area contributed by atoms with Crippen LogP contribution in [0.1, 0.15) is 39.5 Å². The summed E-state index contributed by atoms with van der Waals surface area (Å²) in [5.41, 5.74) is 0. The summed E-state index contributed by atoms with van der Waals surface area (Å²) in [6.07, 6.45) is 5.71. The molecule has 0 saturated heterocycles. The van der Waals surface area contributed by atoms with E-state index in [1.165, 1.54) is 25.7 Å². The maximum atomic E-state index is 2.59. The Morgan fingerprint density at radius 1 is 0.917 bits per heavy atom. The van der Waals surface area contributed by atoms with Crippen LogP contribution in [0, 0.1) is 0 Å². The van der Waals surface area contributed by atoms with Crippen LogP contribution in [0.5, 0.6) is 0 Å². The van der Waals surface area contributed by atoms with Crippen LogP contribution in [0.25, 0.3) is 0 Å². The second-order valence-corrected chi connectivity index (χ2v) is 13.9. The van der Waals surface area contributed by atoms with E-state index in [2.05, 4.69) is 31.1 Å². The van der Waals surface area contributed by atoms with Crippen molar-refractivity contribution in [1.29, 1.82) is 0 Å². The third-order valence-corrected chi connectivity index (χ3v) is 12.8. The molecule has 1 nitrogen and oxygen atoms in total. The molecule has 0 amide bonds. The summed E-state index contributed by atoms with van der Waals surface area (Å²) in [6, 6.07) is 0. The topological polar surface area (TPSA) is 3.24 Å². The monoisotopic (exact) mass is 279 g/mol. The van der Waals surface area contributed by atoms with Crippen LogP contribution in [0.15, 0.2) is 0 Å². The third-order valence-electron chi connectivity index (χ3n) is 2.51. The molecule has 0 spiro atoms. The van der Waals surface area contributed by atoms with Gasteiger partial charge in [0.25, 0.3) is 0 Å². The summed E-state index contributed by atoms with van der Waals surface area (Å²) in [5.74, 6) is 0. The molecule has 74 valence electrons. The first-order valence-electron chi connectivity index (χ1n) is 5.38. The Balaban J connectivity index is 3.55. The Kier molecular flexibility index (Phi) is 8.89. The average molecular weight is 278 g/mol. The Hall–Kier alpha value is 0.759. The molecule has 0 rings (SSSR count). The van der Waals surface area contributed by atoms with Crippen molar-refractivity contribution in [2.45, 2.75) is 48.4 Å². The van der Waals surface area contributed by atoms with Crippen molar-refractivity contribution in [1.82, 2.24) is 3.12 Å². The van der Waals surface area contributed by atoms with E-state index in [1.807, 2.05) is 0 Å².